The Morgan fingerprint density at radius 3 is 2.22 bits per heavy atom. The highest BCUT2D eigenvalue weighted by Crippen LogP contribution is 2.17. The van der Waals surface area contributed by atoms with Gasteiger partial charge < -0.3 is 5.32 Å². The van der Waals surface area contributed by atoms with E-state index in [4.69, 9.17) is 0 Å². The second kappa shape index (κ2) is 7.11. The Kier molecular flexibility index (Phi) is 6.11. The summed E-state index contributed by atoms with van der Waals surface area (Å²) in [4.78, 5) is 3.62. The molecule has 6 heteroatoms. The summed E-state index contributed by atoms with van der Waals surface area (Å²) in [6.45, 7) is 9.98. The van der Waals surface area contributed by atoms with E-state index in [1.165, 1.54) is 4.90 Å². The summed E-state index contributed by atoms with van der Waals surface area (Å²) in [7, 11) is 0. The minimum absolute atomic E-state index is 0.480. The maximum atomic E-state index is 12.2. The summed E-state index contributed by atoms with van der Waals surface area (Å²) in [5.74, 6) is 0. The third-order valence-corrected chi connectivity index (χ3v) is 2.94. The zero-order valence-electron chi connectivity index (χ0n) is 10.9. The van der Waals surface area contributed by atoms with E-state index in [9.17, 15) is 13.2 Å². The van der Waals surface area contributed by atoms with E-state index >= 15 is 0 Å². The van der Waals surface area contributed by atoms with E-state index in [0.29, 0.717) is 26.2 Å². The topological polar surface area (TPSA) is 18.5 Å². The van der Waals surface area contributed by atoms with Crippen LogP contribution < -0.4 is 5.32 Å². The fourth-order valence-electron chi connectivity index (χ4n) is 2.03. The lowest BCUT2D eigenvalue weighted by atomic mass is 10.2. The van der Waals surface area contributed by atoms with Crippen LogP contribution in [0.2, 0.25) is 0 Å². The number of likely N-dealkylation sites (N-methyl/N-ethyl adjacent to an activating group) is 1. The predicted molar refractivity (Wildman–Crippen MR) is 66.6 cm³/mol. The first kappa shape index (κ1) is 15.5. The van der Waals surface area contributed by atoms with E-state index in [1.807, 2.05) is 6.92 Å². The van der Waals surface area contributed by atoms with E-state index in [0.717, 1.165) is 25.2 Å². The molecule has 1 N–H and O–H groups in total. The lowest BCUT2D eigenvalue weighted by Gasteiger charge is -2.35. The Labute approximate surface area is 107 Å². The maximum Gasteiger partial charge on any atom is 0.401 e. The molecule has 0 radical (unpaired) electrons. The molecule has 1 heterocycles. The van der Waals surface area contributed by atoms with Gasteiger partial charge >= 0.3 is 6.18 Å². The quantitative estimate of drug-likeness (QED) is 0.731. The molecule has 1 fully saturated rings. The molecule has 0 unspecified atom stereocenters. The second-order valence-electron chi connectivity index (χ2n) is 4.70. The molecule has 106 valence electrons. The normalized spacial score (nSPS) is 19.1. The lowest BCUT2D eigenvalue weighted by molar-refractivity contribution is -0.149. The monoisotopic (exact) mass is 265 g/mol. The van der Waals surface area contributed by atoms with Crippen molar-refractivity contribution in [2.24, 2.45) is 0 Å². The molecule has 0 aliphatic carbocycles. The minimum Gasteiger partial charge on any atom is -0.313 e. The molecule has 0 amide bonds. The first-order valence-corrected chi connectivity index (χ1v) is 6.29. The van der Waals surface area contributed by atoms with Gasteiger partial charge in [0.1, 0.15) is 0 Å². The molecule has 0 spiro atoms. The highest BCUT2D eigenvalue weighted by Gasteiger charge is 2.32. The summed E-state index contributed by atoms with van der Waals surface area (Å²) in [5, 5.41) is 3.19. The SMILES string of the molecule is C=C(CNCC)CN1CCN(CC(F)(F)F)CC1. The molecule has 1 rings (SSSR count). The van der Waals surface area contributed by atoms with Crippen molar-refractivity contribution in [1.82, 2.24) is 15.1 Å². The van der Waals surface area contributed by atoms with Crippen LogP contribution in [0.25, 0.3) is 0 Å². The molecule has 0 atom stereocenters. The summed E-state index contributed by atoms with van der Waals surface area (Å²) in [5.41, 5.74) is 1.08. The minimum atomic E-state index is -4.09. The molecule has 3 nitrogen and oxygen atoms in total. The van der Waals surface area contributed by atoms with Gasteiger partial charge in [0.25, 0.3) is 0 Å². The summed E-state index contributed by atoms with van der Waals surface area (Å²) < 4.78 is 36.6. The molecule has 0 saturated carbocycles. The molecule has 0 aromatic carbocycles. The number of hydrogen-bond donors (Lipinski definition) is 1. The van der Waals surface area contributed by atoms with Gasteiger partial charge in [-0.3, -0.25) is 9.80 Å². The van der Waals surface area contributed by atoms with Crippen LogP contribution >= 0.6 is 0 Å². The van der Waals surface area contributed by atoms with E-state index in [2.05, 4.69) is 16.8 Å². The molecule has 1 aliphatic heterocycles. The van der Waals surface area contributed by atoms with Crippen molar-refractivity contribution >= 4 is 0 Å². The molecular formula is C12H22F3N3. The predicted octanol–water partition coefficient (Wildman–Crippen LogP) is 1.33. The van der Waals surface area contributed by atoms with Gasteiger partial charge in [-0.15, -0.1) is 0 Å². The number of nitrogens with zero attached hydrogens (tertiary/aromatic N) is 2. The average Bonchev–Trinajstić information content (AvgIpc) is 2.27. The molecular weight excluding hydrogens is 243 g/mol. The van der Waals surface area contributed by atoms with Gasteiger partial charge in [0, 0.05) is 39.3 Å². The Morgan fingerprint density at radius 1 is 1.17 bits per heavy atom. The fraction of sp³-hybridized carbons (Fsp3) is 0.833. The Bertz CT molecular complexity index is 258. The number of rotatable bonds is 6. The van der Waals surface area contributed by atoms with Crippen LogP contribution in [0.5, 0.6) is 0 Å². The van der Waals surface area contributed by atoms with Gasteiger partial charge in [0.15, 0.2) is 0 Å². The summed E-state index contributed by atoms with van der Waals surface area (Å²) in [6.07, 6.45) is -4.09. The number of piperazine rings is 1. The third kappa shape index (κ3) is 6.37. The van der Waals surface area contributed by atoms with Crippen molar-refractivity contribution in [3.8, 4) is 0 Å². The van der Waals surface area contributed by atoms with Crippen LogP contribution in [0.4, 0.5) is 13.2 Å². The van der Waals surface area contributed by atoms with E-state index in [-0.39, 0.29) is 0 Å². The van der Waals surface area contributed by atoms with Crippen molar-refractivity contribution in [3.05, 3.63) is 12.2 Å². The Morgan fingerprint density at radius 2 is 1.72 bits per heavy atom. The molecule has 0 aromatic heterocycles. The van der Waals surface area contributed by atoms with Gasteiger partial charge in [0.05, 0.1) is 6.54 Å². The van der Waals surface area contributed by atoms with E-state index < -0.39 is 12.7 Å². The first-order chi connectivity index (χ1) is 8.40. The fourth-order valence-corrected chi connectivity index (χ4v) is 2.03. The smallest absolute Gasteiger partial charge is 0.313 e. The van der Waals surface area contributed by atoms with Crippen molar-refractivity contribution in [2.45, 2.75) is 13.1 Å². The third-order valence-electron chi connectivity index (χ3n) is 2.94. The van der Waals surface area contributed by atoms with Crippen molar-refractivity contribution in [1.29, 1.82) is 0 Å². The van der Waals surface area contributed by atoms with Crippen molar-refractivity contribution < 1.29 is 13.2 Å². The summed E-state index contributed by atoms with van der Waals surface area (Å²) in [6, 6.07) is 0. The van der Waals surface area contributed by atoms with Crippen LogP contribution in [0, 0.1) is 0 Å². The van der Waals surface area contributed by atoms with Crippen LogP contribution in [0.1, 0.15) is 6.92 Å². The van der Waals surface area contributed by atoms with Crippen LogP contribution in [-0.2, 0) is 0 Å². The largest absolute Gasteiger partial charge is 0.401 e. The molecule has 0 bridgehead atoms. The highest BCUT2D eigenvalue weighted by atomic mass is 19.4. The van der Waals surface area contributed by atoms with E-state index in [1.54, 1.807) is 0 Å². The molecule has 0 aromatic rings. The molecule has 1 aliphatic rings. The van der Waals surface area contributed by atoms with Crippen molar-refractivity contribution in [3.63, 3.8) is 0 Å². The molecule has 18 heavy (non-hydrogen) atoms. The average molecular weight is 265 g/mol. The van der Waals surface area contributed by atoms with Crippen LogP contribution in [0.3, 0.4) is 0 Å². The van der Waals surface area contributed by atoms with Gasteiger partial charge in [-0.2, -0.15) is 13.2 Å². The number of halogens is 3. The zero-order chi connectivity index (χ0) is 13.6. The van der Waals surface area contributed by atoms with Gasteiger partial charge in [-0.05, 0) is 12.1 Å². The van der Waals surface area contributed by atoms with Gasteiger partial charge in [-0.1, -0.05) is 13.5 Å². The standard InChI is InChI=1S/C12H22F3N3/c1-3-16-8-11(2)9-17-4-6-18(7-5-17)10-12(13,14)15/h16H,2-10H2,1H3. The zero-order valence-corrected chi connectivity index (χ0v) is 10.9. The number of alkyl halides is 3. The van der Waals surface area contributed by atoms with Gasteiger partial charge in [0.2, 0.25) is 0 Å². The maximum absolute atomic E-state index is 12.2. The van der Waals surface area contributed by atoms with Crippen molar-refractivity contribution in [2.75, 3.05) is 52.4 Å². The summed E-state index contributed by atoms with van der Waals surface area (Å²) >= 11 is 0. The van der Waals surface area contributed by atoms with Crippen LogP contribution in [0.15, 0.2) is 12.2 Å². The number of nitrogens with one attached hydrogen (secondary N) is 1. The second-order valence-corrected chi connectivity index (χ2v) is 4.70. The number of hydrogen-bond acceptors (Lipinski definition) is 3. The lowest BCUT2D eigenvalue weighted by Crippen LogP contribution is -2.49. The molecule has 1 saturated heterocycles. The van der Waals surface area contributed by atoms with Crippen LogP contribution in [-0.4, -0.2) is 68.3 Å². The Hall–Kier alpha value is -0.590. The van der Waals surface area contributed by atoms with Gasteiger partial charge in [-0.25, -0.2) is 0 Å². The Balaban J connectivity index is 2.21. The highest BCUT2D eigenvalue weighted by molar-refractivity contribution is 5.00. The first-order valence-electron chi connectivity index (χ1n) is 6.29.